The number of benzene rings is 1. The van der Waals surface area contributed by atoms with Gasteiger partial charge >= 0.3 is 12.2 Å². The molecule has 0 spiro atoms. The summed E-state index contributed by atoms with van der Waals surface area (Å²) in [4.78, 5) is 22.0. The van der Waals surface area contributed by atoms with E-state index in [4.69, 9.17) is 0 Å². The van der Waals surface area contributed by atoms with Crippen molar-refractivity contribution in [1.82, 2.24) is 20.2 Å². The first-order valence-electron chi connectivity index (χ1n) is 11.7. The average molecular weight is 449 g/mol. The highest BCUT2D eigenvalue weighted by Gasteiger charge is 2.30. The molecule has 0 radical (unpaired) electrons. The molecule has 2 fully saturated rings. The maximum atomic E-state index is 13.0. The SMILES string of the molecule is O=C(NC1CCCCC1)N1CCC(CCc2ncc(-c3cccc(C(F)(F)F)c3)[nH]2)CC1. The van der Waals surface area contributed by atoms with E-state index in [9.17, 15) is 18.0 Å². The predicted molar refractivity (Wildman–Crippen MR) is 117 cm³/mol. The zero-order valence-electron chi connectivity index (χ0n) is 18.3. The third-order valence-corrected chi connectivity index (χ3v) is 6.75. The fourth-order valence-corrected chi connectivity index (χ4v) is 4.78. The number of nitrogens with zero attached hydrogens (tertiary/aromatic N) is 2. The van der Waals surface area contributed by atoms with E-state index in [2.05, 4.69) is 15.3 Å². The van der Waals surface area contributed by atoms with Crippen LogP contribution in [0, 0.1) is 5.92 Å². The largest absolute Gasteiger partial charge is 0.416 e. The Kier molecular flexibility index (Phi) is 7.06. The van der Waals surface area contributed by atoms with Crippen LogP contribution in [0.5, 0.6) is 0 Å². The highest BCUT2D eigenvalue weighted by atomic mass is 19.4. The Labute approximate surface area is 186 Å². The molecule has 1 saturated heterocycles. The molecule has 2 aliphatic rings. The van der Waals surface area contributed by atoms with Crippen molar-refractivity contribution in [2.45, 2.75) is 70.0 Å². The Morgan fingerprint density at radius 2 is 1.88 bits per heavy atom. The number of H-pyrrole nitrogens is 1. The molecule has 1 aromatic carbocycles. The van der Waals surface area contributed by atoms with Crippen molar-refractivity contribution in [3.05, 3.63) is 41.9 Å². The Morgan fingerprint density at radius 1 is 1.12 bits per heavy atom. The fourth-order valence-electron chi connectivity index (χ4n) is 4.78. The summed E-state index contributed by atoms with van der Waals surface area (Å²) in [5.41, 5.74) is 0.418. The smallest absolute Gasteiger partial charge is 0.342 e. The molecule has 2 N–H and O–H groups in total. The number of aryl methyl sites for hydroxylation is 1. The second-order valence-electron chi connectivity index (χ2n) is 9.08. The molecule has 1 aromatic heterocycles. The van der Waals surface area contributed by atoms with Crippen molar-refractivity contribution in [3.8, 4) is 11.3 Å². The first-order valence-corrected chi connectivity index (χ1v) is 11.7. The second-order valence-corrected chi connectivity index (χ2v) is 9.08. The molecular formula is C24H31F3N4O. The summed E-state index contributed by atoms with van der Waals surface area (Å²) in [5, 5.41) is 3.19. The van der Waals surface area contributed by atoms with Crippen LogP contribution in [-0.2, 0) is 12.6 Å². The van der Waals surface area contributed by atoms with Gasteiger partial charge in [0.2, 0.25) is 0 Å². The van der Waals surface area contributed by atoms with Crippen molar-refractivity contribution >= 4 is 6.03 Å². The van der Waals surface area contributed by atoms with E-state index >= 15 is 0 Å². The van der Waals surface area contributed by atoms with Gasteiger partial charge in [-0.15, -0.1) is 0 Å². The number of piperidine rings is 1. The molecule has 0 bridgehead atoms. The highest BCUT2D eigenvalue weighted by Crippen LogP contribution is 2.32. The lowest BCUT2D eigenvalue weighted by Crippen LogP contribution is -2.48. The van der Waals surface area contributed by atoms with E-state index in [0.29, 0.717) is 23.2 Å². The molecule has 1 saturated carbocycles. The minimum atomic E-state index is -4.36. The van der Waals surface area contributed by atoms with Crippen LogP contribution in [0.25, 0.3) is 11.3 Å². The Balaban J connectivity index is 1.23. The van der Waals surface area contributed by atoms with Crippen LogP contribution in [0.1, 0.15) is 62.8 Å². The van der Waals surface area contributed by atoms with Gasteiger partial charge < -0.3 is 15.2 Å². The topological polar surface area (TPSA) is 61.0 Å². The molecule has 32 heavy (non-hydrogen) atoms. The number of aromatic amines is 1. The number of hydrogen-bond donors (Lipinski definition) is 2. The van der Waals surface area contributed by atoms with Crippen molar-refractivity contribution in [1.29, 1.82) is 0 Å². The molecular weight excluding hydrogens is 417 g/mol. The molecule has 1 aliphatic carbocycles. The molecule has 4 rings (SSSR count). The highest BCUT2D eigenvalue weighted by molar-refractivity contribution is 5.74. The zero-order chi connectivity index (χ0) is 22.6. The van der Waals surface area contributed by atoms with E-state index in [-0.39, 0.29) is 6.03 Å². The minimum absolute atomic E-state index is 0.0760. The van der Waals surface area contributed by atoms with Crippen LogP contribution < -0.4 is 5.32 Å². The van der Waals surface area contributed by atoms with Gasteiger partial charge in [-0.1, -0.05) is 31.4 Å². The van der Waals surface area contributed by atoms with Gasteiger partial charge in [-0.3, -0.25) is 0 Å². The third kappa shape index (κ3) is 5.84. The van der Waals surface area contributed by atoms with Gasteiger partial charge in [0.05, 0.1) is 17.5 Å². The average Bonchev–Trinajstić information content (AvgIpc) is 3.27. The number of alkyl halides is 3. The quantitative estimate of drug-likeness (QED) is 0.609. The molecule has 0 atom stereocenters. The van der Waals surface area contributed by atoms with E-state index in [1.807, 2.05) is 4.90 Å². The lowest BCUT2D eigenvalue weighted by Gasteiger charge is -2.34. The minimum Gasteiger partial charge on any atom is -0.342 e. The van der Waals surface area contributed by atoms with E-state index < -0.39 is 11.7 Å². The fraction of sp³-hybridized carbons (Fsp3) is 0.583. The van der Waals surface area contributed by atoms with Gasteiger partial charge in [-0.25, -0.2) is 9.78 Å². The van der Waals surface area contributed by atoms with Gasteiger partial charge in [0, 0.05) is 31.1 Å². The number of halogens is 3. The number of carbonyl (C=O) groups is 1. The maximum Gasteiger partial charge on any atom is 0.416 e. The van der Waals surface area contributed by atoms with Crippen LogP contribution in [0.3, 0.4) is 0 Å². The second kappa shape index (κ2) is 9.96. The normalized spacial score (nSPS) is 18.7. The number of urea groups is 1. The Bertz CT molecular complexity index is 897. The molecule has 1 aliphatic heterocycles. The summed E-state index contributed by atoms with van der Waals surface area (Å²) >= 11 is 0. The molecule has 2 heterocycles. The molecule has 2 aromatic rings. The van der Waals surface area contributed by atoms with Gasteiger partial charge in [-0.05, 0) is 50.2 Å². The maximum absolute atomic E-state index is 13.0. The molecule has 0 unspecified atom stereocenters. The number of rotatable bonds is 5. The Hall–Kier alpha value is -2.51. The summed E-state index contributed by atoms with van der Waals surface area (Å²) in [7, 11) is 0. The molecule has 174 valence electrons. The van der Waals surface area contributed by atoms with Crippen molar-refractivity contribution in [2.75, 3.05) is 13.1 Å². The van der Waals surface area contributed by atoms with Gasteiger partial charge in [0.1, 0.15) is 5.82 Å². The molecule has 8 heteroatoms. The van der Waals surface area contributed by atoms with Crippen LogP contribution in [0.15, 0.2) is 30.5 Å². The number of likely N-dealkylation sites (tertiary alicyclic amines) is 1. The molecule has 2 amide bonds. The number of hydrogen-bond acceptors (Lipinski definition) is 2. The summed E-state index contributed by atoms with van der Waals surface area (Å²) in [6.07, 6.45) is 6.75. The standard InChI is InChI=1S/C24H31F3N4O/c25-24(26,27)19-6-4-5-18(15-19)21-16-28-22(30-21)10-9-17-11-13-31(14-12-17)23(32)29-20-7-2-1-3-8-20/h4-6,15-17,20H,1-3,7-14H2,(H,28,30)(H,29,32). The summed E-state index contributed by atoms with van der Waals surface area (Å²) in [6, 6.07) is 5.69. The first kappa shape index (κ1) is 22.7. The van der Waals surface area contributed by atoms with E-state index in [0.717, 1.165) is 69.6 Å². The summed E-state index contributed by atoms with van der Waals surface area (Å²) in [5.74, 6) is 1.31. The van der Waals surface area contributed by atoms with Crippen LogP contribution >= 0.6 is 0 Å². The lowest BCUT2D eigenvalue weighted by molar-refractivity contribution is -0.137. The zero-order valence-corrected chi connectivity index (χ0v) is 18.3. The first-order chi connectivity index (χ1) is 15.4. The van der Waals surface area contributed by atoms with Crippen LogP contribution in [0.2, 0.25) is 0 Å². The van der Waals surface area contributed by atoms with Crippen molar-refractivity contribution in [2.24, 2.45) is 5.92 Å². The van der Waals surface area contributed by atoms with E-state index in [1.165, 1.54) is 25.3 Å². The number of imidazole rings is 1. The Morgan fingerprint density at radius 3 is 2.59 bits per heavy atom. The summed E-state index contributed by atoms with van der Waals surface area (Å²) in [6.45, 7) is 1.55. The number of aromatic nitrogens is 2. The van der Waals surface area contributed by atoms with Crippen LogP contribution in [0.4, 0.5) is 18.0 Å². The number of nitrogens with one attached hydrogen (secondary N) is 2. The van der Waals surface area contributed by atoms with Crippen LogP contribution in [-0.4, -0.2) is 40.0 Å². The predicted octanol–water partition coefficient (Wildman–Crippen LogP) is 5.78. The monoisotopic (exact) mass is 448 g/mol. The number of carbonyl (C=O) groups excluding carboxylic acids is 1. The van der Waals surface area contributed by atoms with Crippen molar-refractivity contribution < 1.29 is 18.0 Å². The molecule has 5 nitrogen and oxygen atoms in total. The third-order valence-electron chi connectivity index (χ3n) is 6.75. The summed E-state index contributed by atoms with van der Waals surface area (Å²) < 4.78 is 38.9. The number of amides is 2. The van der Waals surface area contributed by atoms with Gasteiger partial charge in [-0.2, -0.15) is 13.2 Å². The van der Waals surface area contributed by atoms with Gasteiger partial charge in [0.25, 0.3) is 0 Å². The lowest BCUT2D eigenvalue weighted by atomic mass is 9.92. The van der Waals surface area contributed by atoms with Crippen molar-refractivity contribution in [3.63, 3.8) is 0 Å². The van der Waals surface area contributed by atoms with Gasteiger partial charge in [0.15, 0.2) is 0 Å². The van der Waals surface area contributed by atoms with E-state index in [1.54, 1.807) is 12.3 Å².